The highest BCUT2D eigenvalue weighted by Gasteiger charge is 2.19. The maximum Gasteiger partial charge on any atom is 0.413 e. The van der Waals surface area contributed by atoms with Crippen LogP contribution in [-0.2, 0) is 15.5 Å². The van der Waals surface area contributed by atoms with E-state index in [-0.39, 0.29) is 5.95 Å². The van der Waals surface area contributed by atoms with Crippen LogP contribution in [0.4, 0.5) is 26.9 Å². The fourth-order valence-corrected chi connectivity index (χ4v) is 4.65. The molecular weight excluding hydrogens is 501 g/mol. The maximum absolute atomic E-state index is 13.1. The van der Waals surface area contributed by atoms with Gasteiger partial charge in [-0.3, -0.25) is 10.2 Å². The Kier molecular flexibility index (Phi) is 6.73. The smallest absolute Gasteiger partial charge is 0.413 e. The quantitative estimate of drug-likeness (QED) is 0.324. The van der Waals surface area contributed by atoms with E-state index in [0.717, 1.165) is 0 Å². The number of primary amides is 1. The standard InChI is InChI=1S/C22H17Cl2N5O4S/c1-33-22(31)28-21-26-17-9-7-15(11-18(17)27-21)34(32)14-5-3-13(4-6-14)29(20(25)30)19-10-12(23)2-8-16(19)24/h2-11H,1H3,(H2,25,30)(H2,26,27,28,31). The molecular formula is C22H17Cl2N5O4S. The van der Waals surface area contributed by atoms with E-state index in [2.05, 4.69) is 20.0 Å². The number of rotatable bonds is 5. The van der Waals surface area contributed by atoms with Crippen molar-refractivity contribution in [2.24, 2.45) is 5.73 Å². The average molecular weight is 518 g/mol. The van der Waals surface area contributed by atoms with E-state index in [1.165, 1.54) is 18.1 Å². The fourth-order valence-electron chi connectivity index (χ4n) is 3.21. The van der Waals surface area contributed by atoms with Crippen molar-refractivity contribution >= 4 is 74.5 Å². The Bertz CT molecular complexity index is 1420. The minimum Gasteiger partial charge on any atom is -0.453 e. The van der Waals surface area contributed by atoms with Crippen LogP contribution in [0.2, 0.25) is 10.0 Å². The number of hydrogen-bond donors (Lipinski definition) is 3. The molecule has 1 unspecified atom stereocenters. The van der Waals surface area contributed by atoms with Gasteiger partial charge in [0.2, 0.25) is 5.95 Å². The third-order valence-corrected chi connectivity index (χ3v) is 6.69. The van der Waals surface area contributed by atoms with E-state index in [0.29, 0.717) is 42.2 Å². The number of ether oxygens (including phenoxy) is 1. The number of fused-ring (bicyclic) bond motifs is 1. The number of benzene rings is 3. The number of nitrogens with one attached hydrogen (secondary N) is 2. The summed E-state index contributed by atoms with van der Waals surface area (Å²) in [6, 6.07) is 15.5. The molecule has 34 heavy (non-hydrogen) atoms. The predicted octanol–water partition coefficient (Wildman–Crippen LogP) is 5.43. The number of imidazole rings is 1. The van der Waals surface area contributed by atoms with Crippen molar-refractivity contribution in [2.75, 3.05) is 17.3 Å². The normalized spacial score (nSPS) is 11.7. The van der Waals surface area contributed by atoms with Crippen LogP contribution in [0.25, 0.3) is 11.0 Å². The fraction of sp³-hybridized carbons (Fsp3) is 0.0455. The molecule has 4 rings (SSSR count). The van der Waals surface area contributed by atoms with Gasteiger partial charge in [-0.25, -0.2) is 18.8 Å². The van der Waals surface area contributed by atoms with Gasteiger partial charge in [-0.1, -0.05) is 23.2 Å². The van der Waals surface area contributed by atoms with E-state index >= 15 is 0 Å². The van der Waals surface area contributed by atoms with Crippen LogP contribution < -0.4 is 16.0 Å². The molecule has 4 N–H and O–H groups in total. The van der Waals surface area contributed by atoms with Crippen molar-refractivity contribution in [1.29, 1.82) is 0 Å². The van der Waals surface area contributed by atoms with Crippen LogP contribution in [0.5, 0.6) is 0 Å². The summed E-state index contributed by atoms with van der Waals surface area (Å²) in [5, 5.41) is 3.13. The SMILES string of the molecule is COC(=O)Nc1nc2ccc(S(=O)c3ccc(N(C(N)=O)c4cc(Cl)ccc4Cl)cc3)cc2[nH]1. The van der Waals surface area contributed by atoms with Crippen LogP contribution >= 0.6 is 23.2 Å². The minimum absolute atomic E-state index is 0.209. The first kappa shape index (κ1) is 23.6. The van der Waals surface area contributed by atoms with Gasteiger partial charge in [-0.05, 0) is 60.7 Å². The number of nitrogens with two attached hydrogens (primary N) is 1. The largest absolute Gasteiger partial charge is 0.453 e. The number of urea groups is 1. The number of anilines is 3. The zero-order chi connectivity index (χ0) is 24.4. The first-order valence-corrected chi connectivity index (χ1v) is 11.6. The van der Waals surface area contributed by atoms with Crippen molar-refractivity contribution in [3.63, 3.8) is 0 Å². The summed E-state index contributed by atoms with van der Waals surface area (Å²) < 4.78 is 17.7. The van der Waals surface area contributed by atoms with Crippen LogP contribution in [0, 0.1) is 0 Å². The maximum atomic E-state index is 13.1. The Balaban J connectivity index is 1.61. The highest BCUT2D eigenvalue weighted by atomic mass is 35.5. The number of amides is 3. The van der Waals surface area contributed by atoms with Gasteiger partial charge in [-0.15, -0.1) is 0 Å². The number of aromatic nitrogens is 2. The Morgan fingerprint density at radius 3 is 2.44 bits per heavy atom. The Hall–Kier alpha value is -3.60. The van der Waals surface area contributed by atoms with Crippen molar-refractivity contribution in [3.05, 3.63) is 70.7 Å². The lowest BCUT2D eigenvalue weighted by Gasteiger charge is -2.22. The lowest BCUT2D eigenvalue weighted by atomic mass is 10.2. The van der Waals surface area contributed by atoms with Crippen molar-refractivity contribution in [3.8, 4) is 0 Å². The first-order valence-electron chi connectivity index (χ1n) is 9.68. The van der Waals surface area contributed by atoms with Gasteiger partial charge in [0.1, 0.15) is 0 Å². The molecule has 0 aliphatic carbocycles. The van der Waals surface area contributed by atoms with Crippen LogP contribution in [0.15, 0.2) is 70.5 Å². The van der Waals surface area contributed by atoms with Gasteiger partial charge in [0.25, 0.3) is 0 Å². The molecule has 9 nitrogen and oxygen atoms in total. The molecule has 0 aliphatic heterocycles. The Labute approximate surface area is 206 Å². The number of hydrogen-bond acceptors (Lipinski definition) is 5. The second-order valence-electron chi connectivity index (χ2n) is 6.91. The molecule has 3 aromatic carbocycles. The molecule has 0 saturated heterocycles. The van der Waals surface area contributed by atoms with Crippen molar-refractivity contribution < 1.29 is 18.5 Å². The highest BCUT2D eigenvalue weighted by Crippen LogP contribution is 2.34. The molecule has 1 atom stereocenters. The molecule has 4 aromatic rings. The molecule has 12 heteroatoms. The molecule has 0 fully saturated rings. The third kappa shape index (κ3) is 4.84. The zero-order valence-electron chi connectivity index (χ0n) is 17.5. The van der Waals surface area contributed by atoms with Crippen molar-refractivity contribution in [1.82, 2.24) is 9.97 Å². The van der Waals surface area contributed by atoms with Crippen LogP contribution in [-0.4, -0.2) is 33.4 Å². The van der Waals surface area contributed by atoms with E-state index in [9.17, 15) is 13.8 Å². The van der Waals surface area contributed by atoms with Crippen LogP contribution in [0.1, 0.15) is 0 Å². The number of carbonyl (C=O) groups is 2. The third-order valence-electron chi connectivity index (χ3n) is 4.75. The van der Waals surface area contributed by atoms with Gasteiger partial charge >= 0.3 is 12.1 Å². The van der Waals surface area contributed by atoms with Gasteiger partial charge in [0.05, 0.1) is 45.3 Å². The molecule has 0 aliphatic rings. The van der Waals surface area contributed by atoms with Crippen molar-refractivity contribution in [2.45, 2.75) is 9.79 Å². The number of H-pyrrole nitrogens is 1. The van der Waals surface area contributed by atoms with E-state index in [1.54, 1.807) is 54.6 Å². The molecule has 1 aromatic heterocycles. The number of carbonyl (C=O) groups excluding carboxylic acids is 2. The second-order valence-corrected chi connectivity index (χ2v) is 9.24. The summed E-state index contributed by atoms with van der Waals surface area (Å²) in [6.45, 7) is 0. The molecule has 0 bridgehead atoms. The lowest BCUT2D eigenvalue weighted by molar-refractivity contribution is 0.186. The molecule has 3 amide bonds. The summed E-state index contributed by atoms with van der Waals surface area (Å²) in [4.78, 5) is 32.9. The van der Waals surface area contributed by atoms with E-state index < -0.39 is 22.9 Å². The summed E-state index contributed by atoms with van der Waals surface area (Å²) >= 11 is 12.3. The lowest BCUT2D eigenvalue weighted by Crippen LogP contribution is -2.31. The van der Waals surface area contributed by atoms with Gasteiger partial charge in [0, 0.05) is 14.8 Å². The summed E-state index contributed by atoms with van der Waals surface area (Å²) in [5.41, 5.74) is 7.51. The van der Waals surface area contributed by atoms with Crippen LogP contribution in [0.3, 0.4) is 0 Å². The minimum atomic E-state index is -1.53. The Morgan fingerprint density at radius 2 is 1.76 bits per heavy atom. The number of methoxy groups -OCH3 is 1. The molecule has 0 spiro atoms. The first-order chi connectivity index (χ1) is 16.3. The topological polar surface area (TPSA) is 130 Å². The zero-order valence-corrected chi connectivity index (χ0v) is 19.9. The van der Waals surface area contributed by atoms with Gasteiger partial charge in [-0.2, -0.15) is 0 Å². The monoisotopic (exact) mass is 517 g/mol. The van der Waals surface area contributed by atoms with Gasteiger partial charge in [0.15, 0.2) is 0 Å². The molecule has 1 heterocycles. The summed E-state index contributed by atoms with van der Waals surface area (Å²) in [7, 11) is -0.286. The number of aromatic amines is 1. The number of nitrogens with zero attached hydrogens (tertiary/aromatic N) is 2. The average Bonchev–Trinajstić information content (AvgIpc) is 3.22. The molecule has 174 valence electrons. The van der Waals surface area contributed by atoms with E-state index in [1.807, 2.05) is 0 Å². The Morgan fingerprint density at radius 1 is 1.06 bits per heavy atom. The summed E-state index contributed by atoms with van der Waals surface area (Å²) in [6.07, 6.45) is -0.660. The highest BCUT2D eigenvalue weighted by molar-refractivity contribution is 7.85. The van der Waals surface area contributed by atoms with Gasteiger partial charge < -0.3 is 15.5 Å². The number of halogens is 2. The molecule has 0 radical (unpaired) electrons. The predicted molar refractivity (Wildman–Crippen MR) is 131 cm³/mol. The summed E-state index contributed by atoms with van der Waals surface area (Å²) in [5.74, 6) is 0.209. The molecule has 0 saturated carbocycles. The van der Waals surface area contributed by atoms with E-state index in [4.69, 9.17) is 28.9 Å². The second kappa shape index (κ2) is 9.72.